The first-order valence-corrected chi connectivity index (χ1v) is 7.27. The summed E-state index contributed by atoms with van der Waals surface area (Å²) < 4.78 is 5.49. The standard InChI is InChI=1S/C17H21NO3/c1-3-21-15-10-14(11-15)18-17(20)16-9-13(5-4-8-19)7-6-12(16)2/h6-7,9,14-15,19H,3,8,10-11H2,1-2H3,(H,18,20). The van der Waals surface area contributed by atoms with Crippen LogP contribution >= 0.6 is 0 Å². The fourth-order valence-corrected chi connectivity index (χ4v) is 2.40. The van der Waals surface area contributed by atoms with E-state index in [-0.39, 0.29) is 24.7 Å². The Balaban J connectivity index is 1.99. The van der Waals surface area contributed by atoms with Gasteiger partial charge in [0.1, 0.15) is 6.61 Å². The van der Waals surface area contributed by atoms with Gasteiger partial charge in [0, 0.05) is 23.8 Å². The molecule has 1 saturated carbocycles. The SMILES string of the molecule is CCOC1CC(NC(=O)c2cc(C#CCO)ccc2C)C1. The molecule has 0 aliphatic heterocycles. The normalized spacial score (nSPS) is 20.1. The Morgan fingerprint density at radius 1 is 1.48 bits per heavy atom. The second-order valence-corrected chi connectivity index (χ2v) is 5.21. The summed E-state index contributed by atoms with van der Waals surface area (Å²) in [5.74, 6) is 5.34. The number of rotatable bonds is 4. The highest BCUT2D eigenvalue weighted by Gasteiger charge is 2.31. The summed E-state index contributed by atoms with van der Waals surface area (Å²) in [6.07, 6.45) is 2.04. The predicted octanol–water partition coefficient (Wildman–Crippen LogP) is 1.64. The zero-order valence-electron chi connectivity index (χ0n) is 12.5. The first-order chi connectivity index (χ1) is 10.1. The van der Waals surface area contributed by atoms with Crippen LogP contribution in [-0.4, -0.2) is 36.4 Å². The largest absolute Gasteiger partial charge is 0.384 e. The van der Waals surface area contributed by atoms with Crippen molar-refractivity contribution in [3.05, 3.63) is 34.9 Å². The molecule has 0 radical (unpaired) electrons. The van der Waals surface area contributed by atoms with Gasteiger partial charge >= 0.3 is 0 Å². The van der Waals surface area contributed by atoms with Gasteiger partial charge in [0.15, 0.2) is 0 Å². The average Bonchev–Trinajstić information content (AvgIpc) is 2.44. The summed E-state index contributed by atoms with van der Waals surface area (Å²) in [5.41, 5.74) is 2.29. The van der Waals surface area contributed by atoms with Crippen LogP contribution in [0.2, 0.25) is 0 Å². The topological polar surface area (TPSA) is 58.6 Å². The van der Waals surface area contributed by atoms with E-state index < -0.39 is 0 Å². The van der Waals surface area contributed by atoms with Crippen LogP contribution in [0.25, 0.3) is 0 Å². The van der Waals surface area contributed by atoms with Crippen LogP contribution in [0.5, 0.6) is 0 Å². The molecule has 0 heterocycles. The highest BCUT2D eigenvalue weighted by Crippen LogP contribution is 2.24. The second-order valence-electron chi connectivity index (χ2n) is 5.21. The average molecular weight is 287 g/mol. The molecule has 0 saturated heterocycles. The number of nitrogens with one attached hydrogen (secondary N) is 1. The first kappa shape index (κ1) is 15.6. The molecule has 0 aromatic heterocycles. The molecule has 0 unspecified atom stereocenters. The molecular formula is C17H21NO3. The lowest BCUT2D eigenvalue weighted by Gasteiger charge is -2.35. The van der Waals surface area contributed by atoms with Crippen LogP contribution in [-0.2, 0) is 4.74 Å². The molecular weight excluding hydrogens is 266 g/mol. The zero-order chi connectivity index (χ0) is 15.2. The Hall–Kier alpha value is -1.83. The number of amides is 1. The molecule has 1 fully saturated rings. The molecule has 112 valence electrons. The van der Waals surface area contributed by atoms with Crippen LogP contribution < -0.4 is 5.32 Å². The van der Waals surface area contributed by atoms with E-state index in [2.05, 4.69) is 17.2 Å². The third kappa shape index (κ3) is 4.07. The van der Waals surface area contributed by atoms with Crippen molar-refractivity contribution in [1.82, 2.24) is 5.32 Å². The van der Waals surface area contributed by atoms with E-state index in [0.717, 1.165) is 30.6 Å². The van der Waals surface area contributed by atoms with E-state index in [4.69, 9.17) is 9.84 Å². The number of carbonyl (C=O) groups is 1. The van der Waals surface area contributed by atoms with Gasteiger partial charge in [-0.2, -0.15) is 0 Å². The van der Waals surface area contributed by atoms with Crippen LogP contribution in [0, 0.1) is 18.8 Å². The van der Waals surface area contributed by atoms with Gasteiger partial charge in [-0.05, 0) is 44.4 Å². The van der Waals surface area contributed by atoms with E-state index in [1.165, 1.54) is 0 Å². The van der Waals surface area contributed by atoms with Crippen molar-refractivity contribution < 1.29 is 14.6 Å². The Labute approximate surface area is 125 Å². The minimum absolute atomic E-state index is 0.0694. The third-order valence-corrected chi connectivity index (χ3v) is 3.63. The fourth-order valence-electron chi connectivity index (χ4n) is 2.40. The van der Waals surface area contributed by atoms with Gasteiger partial charge in [0.2, 0.25) is 0 Å². The second kappa shape index (κ2) is 7.26. The van der Waals surface area contributed by atoms with Crippen molar-refractivity contribution in [3.63, 3.8) is 0 Å². The maximum atomic E-state index is 12.3. The van der Waals surface area contributed by atoms with E-state index in [1.807, 2.05) is 26.0 Å². The highest BCUT2D eigenvalue weighted by molar-refractivity contribution is 5.96. The number of aliphatic hydroxyl groups excluding tert-OH is 1. The first-order valence-electron chi connectivity index (χ1n) is 7.27. The molecule has 0 bridgehead atoms. The minimum Gasteiger partial charge on any atom is -0.384 e. The van der Waals surface area contributed by atoms with Crippen LogP contribution in [0.4, 0.5) is 0 Å². The molecule has 2 N–H and O–H groups in total. The number of carbonyl (C=O) groups excluding carboxylic acids is 1. The number of ether oxygens (including phenoxy) is 1. The maximum absolute atomic E-state index is 12.3. The molecule has 1 amide bonds. The minimum atomic E-state index is -0.184. The van der Waals surface area contributed by atoms with Gasteiger partial charge in [-0.25, -0.2) is 0 Å². The third-order valence-electron chi connectivity index (χ3n) is 3.63. The van der Waals surface area contributed by atoms with Gasteiger partial charge in [-0.15, -0.1) is 0 Å². The molecule has 1 aliphatic rings. The number of hydrogen-bond acceptors (Lipinski definition) is 3. The Morgan fingerprint density at radius 3 is 2.90 bits per heavy atom. The van der Waals surface area contributed by atoms with E-state index >= 15 is 0 Å². The van der Waals surface area contributed by atoms with Gasteiger partial charge in [0.25, 0.3) is 5.91 Å². The number of aryl methyl sites for hydroxylation is 1. The molecule has 0 atom stereocenters. The Morgan fingerprint density at radius 2 is 2.24 bits per heavy atom. The van der Waals surface area contributed by atoms with Crippen LogP contribution in [0.1, 0.15) is 41.3 Å². The van der Waals surface area contributed by atoms with Crippen molar-refractivity contribution in [2.24, 2.45) is 0 Å². The van der Waals surface area contributed by atoms with Gasteiger partial charge in [-0.3, -0.25) is 4.79 Å². The number of hydrogen-bond donors (Lipinski definition) is 2. The summed E-state index contributed by atoms with van der Waals surface area (Å²) in [7, 11) is 0. The summed E-state index contributed by atoms with van der Waals surface area (Å²) in [6.45, 7) is 4.42. The van der Waals surface area contributed by atoms with E-state index in [0.29, 0.717) is 5.56 Å². The summed E-state index contributed by atoms with van der Waals surface area (Å²) in [6, 6.07) is 5.69. The number of benzene rings is 1. The van der Waals surface area contributed by atoms with Crippen molar-refractivity contribution >= 4 is 5.91 Å². The van der Waals surface area contributed by atoms with Crippen molar-refractivity contribution in [3.8, 4) is 11.8 Å². The molecule has 1 aromatic carbocycles. The van der Waals surface area contributed by atoms with Crippen LogP contribution in [0.3, 0.4) is 0 Å². The van der Waals surface area contributed by atoms with E-state index in [1.54, 1.807) is 6.07 Å². The molecule has 1 aliphatic carbocycles. The Kier molecular flexibility index (Phi) is 5.38. The van der Waals surface area contributed by atoms with Gasteiger partial charge in [0.05, 0.1) is 6.10 Å². The van der Waals surface area contributed by atoms with Gasteiger partial charge < -0.3 is 15.2 Å². The van der Waals surface area contributed by atoms with Crippen molar-refractivity contribution in [2.75, 3.05) is 13.2 Å². The Bertz CT molecular complexity index is 565. The van der Waals surface area contributed by atoms with Crippen molar-refractivity contribution in [1.29, 1.82) is 0 Å². The maximum Gasteiger partial charge on any atom is 0.251 e. The lowest BCUT2D eigenvalue weighted by molar-refractivity contribution is -0.00863. The van der Waals surface area contributed by atoms with Gasteiger partial charge in [-0.1, -0.05) is 17.9 Å². The number of aliphatic hydroxyl groups is 1. The van der Waals surface area contributed by atoms with Crippen LogP contribution in [0.15, 0.2) is 18.2 Å². The predicted molar refractivity (Wildman–Crippen MR) is 81.0 cm³/mol. The monoisotopic (exact) mass is 287 g/mol. The summed E-state index contributed by atoms with van der Waals surface area (Å²) >= 11 is 0. The summed E-state index contributed by atoms with van der Waals surface area (Å²) in [4.78, 5) is 12.3. The molecule has 0 spiro atoms. The molecule has 4 heteroatoms. The fraction of sp³-hybridized carbons (Fsp3) is 0.471. The quantitative estimate of drug-likeness (QED) is 0.828. The lowest BCUT2D eigenvalue weighted by atomic mass is 9.89. The highest BCUT2D eigenvalue weighted by atomic mass is 16.5. The lowest BCUT2D eigenvalue weighted by Crippen LogP contribution is -2.47. The smallest absolute Gasteiger partial charge is 0.251 e. The van der Waals surface area contributed by atoms with Crippen molar-refractivity contribution in [2.45, 2.75) is 38.8 Å². The molecule has 21 heavy (non-hydrogen) atoms. The molecule has 4 nitrogen and oxygen atoms in total. The molecule has 2 rings (SSSR count). The zero-order valence-corrected chi connectivity index (χ0v) is 12.5. The summed E-state index contributed by atoms with van der Waals surface area (Å²) in [5, 5.41) is 11.8. The van der Waals surface area contributed by atoms with E-state index in [9.17, 15) is 4.79 Å². The molecule has 1 aromatic rings.